The molecule has 1 amide bonds. The molecule has 1 aliphatic rings. The summed E-state index contributed by atoms with van der Waals surface area (Å²) in [6.07, 6.45) is 3.05. The van der Waals surface area contributed by atoms with Crippen LogP contribution >= 0.6 is 0 Å². The quantitative estimate of drug-likeness (QED) is 0.615. The van der Waals surface area contributed by atoms with Crippen molar-refractivity contribution in [2.75, 3.05) is 13.7 Å². The monoisotopic (exact) mass is 322 g/mol. The van der Waals surface area contributed by atoms with Gasteiger partial charge in [-0.05, 0) is 45.2 Å². The molecule has 1 heterocycles. The van der Waals surface area contributed by atoms with Crippen molar-refractivity contribution < 1.29 is 19.2 Å². The Morgan fingerprint density at radius 3 is 2.57 bits per heavy atom. The molecule has 23 heavy (non-hydrogen) atoms. The summed E-state index contributed by atoms with van der Waals surface area (Å²) in [5, 5.41) is 11.1. The number of amides is 1. The van der Waals surface area contributed by atoms with Crippen molar-refractivity contribution in [3.8, 4) is 11.5 Å². The van der Waals surface area contributed by atoms with E-state index in [-0.39, 0.29) is 36.0 Å². The lowest BCUT2D eigenvalue weighted by atomic mass is 9.97. The second-order valence-corrected chi connectivity index (χ2v) is 5.81. The van der Waals surface area contributed by atoms with E-state index in [9.17, 15) is 14.9 Å². The van der Waals surface area contributed by atoms with Crippen LogP contribution in [0.25, 0.3) is 0 Å². The van der Waals surface area contributed by atoms with Gasteiger partial charge in [-0.3, -0.25) is 14.9 Å². The molecule has 126 valence electrons. The summed E-state index contributed by atoms with van der Waals surface area (Å²) < 4.78 is 10.4. The van der Waals surface area contributed by atoms with Crippen molar-refractivity contribution in [1.29, 1.82) is 0 Å². The predicted octanol–water partition coefficient (Wildman–Crippen LogP) is 2.77. The molecule has 2 unspecified atom stereocenters. The fourth-order valence-corrected chi connectivity index (χ4v) is 3.02. The Hall–Kier alpha value is -2.31. The van der Waals surface area contributed by atoms with Crippen molar-refractivity contribution in [1.82, 2.24) is 4.90 Å². The van der Waals surface area contributed by atoms with Crippen LogP contribution in [-0.4, -0.2) is 41.5 Å². The fourth-order valence-electron chi connectivity index (χ4n) is 3.02. The molecule has 0 aliphatic carbocycles. The predicted molar refractivity (Wildman–Crippen MR) is 84.8 cm³/mol. The van der Waals surface area contributed by atoms with Gasteiger partial charge in [0.2, 0.25) is 0 Å². The summed E-state index contributed by atoms with van der Waals surface area (Å²) in [6.45, 7) is 3.83. The van der Waals surface area contributed by atoms with Gasteiger partial charge in [-0.1, -0.05) is 0 Å². The highest BCUT2D eigenvalue weighted by molar-refractivity contribution is 5.78. The first kappa shape index (κ1) is 17.1. The molecular weight excluding hydrogens is 300 g/mol. The van der Waals surface area contributed by atoms with E-state index in [1.165, 1.54) is 19.2 Å². The maximum Gasteiger partial charge on any atom is 0.314 e. The summed E-state index contributed by atoms with van der Waals surface area (Å²) >= 11 is 0. The number of hydrogen-bond donors (Lipinski definition) is 0. The highest BCUT2D eigenvalue weighted by Gasteiger charge is 2.29. The third kappa shape index (κ3) is 3.91. The number of nitro benzene ring substituents is 1. The first-order valence-corrected chi connectivity index (χ1v) is 7.70. The van der Waals surface area contributed by atoms with Crippen LogP contribution in [0.15, 0.2) is 18.2 Å². The Kier molecular flexibility index (Phi) is 5.41. The highest BCUT2D eigenvalue weighted by Crippen LogP contribution is 2.31. The number of methoxy groups -OCH3 is 1. The summed E-state index contributed by atoms with van der Waals surface area (Å²) in [6, 6.07) is 4.64. The minimum absolute atomic E-state index is 0.0708. The van der Waals surface area contributed by atoms with Crippen molar-refractivity contribution in [3.63, 3.8) is 0 Å². The number of hydrogen-bond acceptors (Lipinski definition) is 5. The van der Waals surface area contributed by atoms with Crippen LogP contribution in [0, 0.1) is 10.1 Å². The van der Waals surface area contributed by atoms with Gasteiger partial charge in [0.05, 0.1) is 18.1 Å². The molecule has 1 aromatic rings. The molecule has 0 aromatic heterocycles. The van der Waals surface area contributed by atoms with E-state index in [0.717, 1.165) is 19.3 Å². The average Bonchev–Trinajstić information content (AvgIpc) is 2.52. The molecule has 1 saturated heterocycles. The van der Waals surface area contributed by atoms with Crippen LogP contribution < -0.4 is 9.47 Å². The average molecular weight is 322 g/mol. The molecule has 0 N–H and O–H groups in total. The Balaban J connectivity index is 2.08. The number of ether oxygens (including phenoxy) is 2. The van der Waals surface area contributed by atoms with Crippen LogP contribution in [0.5, 0.6) is 11.5 Å². The minimum Gasteiger partial charge on any atom is -0.496 e. The Morgan fingerprint density at radius 1 is 1.35 bits per heavy atom. The van der Waals surface area contributed by atoms with Gasteiger partial charge in [0.15, 0.2) is 12.4 Å². The zero-order valence-electron chi connectivity index (χ0n) is 13.7. The zero-order chi connectivity index (χ0) is 17.0. The molecule has 0 spiro atoms. The number of likely N-dealkylation sites (tertiary alicyclic amines) is 1. The van der Waals surface area contributed by atoms with Crippen molar-refractivity contribution in [2.24, 2.45) is 0 Å². The summed E-state index contributed by atoms with van der Waals surface area (Å²) in [7, 11) is 1.43. The number of rotatable bonds is 5. The minimum atomic E-state index is -0.547. The van der Waals surface area contributed by atoms with E-state index in [1.807, 2.05) is 18.7 Å². The second-order valence-electron chi connectivity index (χ2n) is 5.81. The van der Waals surface area contributed by atoms with Gasteiger partial charge in [0, 0.05) is 12.1 Å². The van der Waals surface area contributed by atoms with Gasteiger partial charge in [0.1, 0.15) is 5.75 Å². The number of benzene rings is 1. The normalized spacial score (nSPS) is 20.9. The topological polar surface area (TPSA) is 81.9 Å². The maximum atomic E-state index is 12.4. The van der Waals surface area contributed by atoms with Gasteiger partial charge in [-0.25, -0.2) is 0 Å². The van der Waals surface area contributed by atoms with Crippen LogP contribution in [0.3, 0.4) is 0 Å². The largest absolute Gasteiger partial charge is 0.496 e. The lowest BCUT2D eigenvalue weighted by Gasteiger charge is -2.38. The molecule has 7 heteroatoms. The maximum absolute atomic E-state index is 12.4. The van der Waals surface area contributed by atoms with Gasteiger partial charge in [0.25, 0.3) is 5.91 Å². The summed E-state index contributed by atoms with van der Waals surface area (Å²) in [4.78, 5) is 24.8. The summed E-state index contributed by atoms with van der Waals surface area (Å²) in [5.74, 6) is 0.296. The van der Waals surface area contributed by atoms with E-state index in [0.29, 0.717) is 5.75 Å². The third-order valence-corrected chi connectivity index (χ3v) is 4.20. The van der Waals surface area contributed by atoms with Crippen LogP contribution in [0.2, 0.25) is 0 Å². The molecule has 0 bridgehead atoms. The zero-order valence-corrected chi connectivity index (χ0v) is 13.7. The molecule has 7 nitrogen and oxygen atoms in total. The Bertz CT molecular complexity index is 580. The van der Waals surface area contributed by atoms with Crippen LogP contribution in [0.4, 0.5) is 5.69 Å². The van der Waals surface area contributed by atoms with E-state index in [4.69, 9.17) is 9.47 Å². The van der Waals surface area contributed by atoms with Gasteiger partial charge in [-0.2, -0.15) is 0 Å². The van der Waals surface area contributed by atoms with E-state index in [1.54, 1.807) is 6.07 Å². The lowest BCUT2D eigenvalue weighted by molar-refractivity contribution is -0.385. The Morgan fingerprint density at radius 2 is 2.00 bits per heavy atom. The number of piperidine rings is 1. The van der Waals surface area contributed by atoms with E-state index in [2.05, 4.69) is 0 Å². The molecule has 1 aromatic carbocycles. The Labute approximate surface area is 135 Å². The van der Waals surface area contributed by atoms with E-state index < -0.39 is 4.92 Å². The molecular formula is C16H22N2O5. The first-order valence-electron chi connectivity index (χ1n) is 7.70. The number of carbonyl (C=O) groups excluding carboxylic acids is 1. The fraction of sp³-hybridized carbons (Fsp3) is 0.562. The van der Waals surface area contributed by atoms with Gasteiger partial charge < -0.3 is 14.4 Å². The van der Waals surface area contributed by atoms with Gasteiger partial charge in [-0.15, -0.1) is 0 Å². The molecule has 1 aliphatic heterocycles. The summed E-state index contributed by atoms with van der Waals surface area (Å²) in [5.41, 5.74) is -0.211. The molecule has 0 radical (unpaired) electrons. The third-order valence-electron chi connectivity index (χ3n) is 4.20. The first-order chi connectivity index (χ1) is 10.9. The molecule has 0 saturated carbocycles. The van der Waals surface area contributed by atoms with E-state index >= 15 is 0 Å². The van der Waals surface area contributed by atoms with Crippen molar-refractivity contribution >= 4 is 11.6 Å². The number of carbonyl (C=O) groups is 1. The second kappa shape index (κ2) is 7.30. The number of nitrogens with zero attached hydrogens (tertiary/aromatic N) is 2. The molecule has 2 rings (SSSR count). The van der Waals surface area contributed by atoms with Crippen molar-refractivity contribution in [3.05, 3.63) is 28.3 Å². The van der Waals surface area contributed by atoms with Crippen LogP contribution in [0.1, 0.15) is 33.1 Å². The molecule has 2 atom stereocenters. The smallest absolute Gasteiger partial charge is 0.314 e. The standard InChI is InChI=1S/C16H22N2O5/c1-11-5-4-6-12(2)17(11)16(19)10-23-15-8-7-13(22-3)9-14(15)18(20)21/h7-9,11-12H,4-6,10H2,1-3H3. The van der Waals surface area contributed by atoms with Crippen LogP contribution in [-0.2, 0) is 4.79 Å². The molecule has 1 fully saturated rings. The number of nitro groups is 1. The van der Waals surface area contributed by atoms with Gasteiger partial charge >= 0.3 is 5.69 Å². The highest BCUT2D eigenvalue weighted by atomic mass is 16.6. The SMILES string of the molecule is COc1ccc(OCC(=O)N2C(C)CCCC2C)c([N+](=O)[O-])c1. The van der Waals surface area contributed by atoms with Crippen molar-refractivity contribution in [2.45, 2.75) is 45.2 Å². The lowest BCUT2D eigenvalue weighted by Crippen LogP contribution is -2.49.